The maximum Gasteiger partial charge on any atom is 0.276 e. The van der Waals surface area contributed by atoms with Crippen molar-refractivity contribution in [2.75, 3.05) is 6.61 Å². The van der Waals surface area contributed by atoms with E-state index in [1.54, 1.807) is 31.2 Å². The van der Waals surface area contributed by atoms with Crippen LogP contribution in [0.25, 0.3) is 6.08 Å². The molecule has 0 unspecified atom stereocenters. The van der Waals surface area contributed by atoms with E-state index in [1.165, 1.54) is 18.2 Å². The van der Waals surface area contributed by atoms with Crippen LogP contribution in [0.5, 0.6) is 5.75 Å². The van der Waals surface area contributed by atoms with Gasteiger partial charge in [0.25, 0.3) is 5.91 Å². The number of hydrazine groups is 1. The van der Waals surface area contributed by atoms with Gasteiger partial charge < -0.3 is 9.15 Å². The van der Waals surface area contributed by atoms with Gasteiger partial charge in [0.05, 0.1) is 5.02 Å². The molecule has 27 heavy (non-hydrogen) atoms. The predicted molar refractivity (Wildman–Crippen MR) is 106 cm³/mol. The summed E-state index contributed by atoms with van der Waals surface area (Å²) in [6, 6.07) is 8.13. The second-order valence-corrected chi connectivity index (χ2v) is 6.39. The Hall–Kier alpha value is -2.55. The minimum absolute atomic E-state index is 0.0850. The van der Waals surface area contributed by atoms with E-state index in [1.807, 2.05) is 0 Å². The predicted octanol–water partition coefficient (Wildman–Crippen LogP) is 3.01. The molecule has 0 saturated carbocycles. The summed E-state index contributed by atoms with van der Waals surface area (Å²) in [5.41, 5.74) is 4.67. The van der Waals surface area contributed by atoms with Gasteiger partial charge in [-0.05, 0) is 55.5 Å². The molecule has 0 aliphatic rings. The summed E-state index contributed by atoms with van der Waals surface area (Å²) in [5, 5.41) is 3.01. The molecule has 1 aromatic heterocycles. The summed E-state index contributed by atoms with van der Waals surface area (Å²) in [6.07, 6.45) is 2.74. The maximum absolute atomic E-state index is 11.7. The van der Waals surface area contributed by atoms with E-state index in [0.717, 1.165) is 5.76 Å². The summed E-state index contributed by atoms with van der Waals surface area (Å²) in [6.45, 7) is 1.48. The van der Waals surface area contributed by atoms with Crippen molar-refractivity contribution < 1.29 is 18.7 Å². The lowest BCUT2D eigenvalue weighted by Gasteiger charge is -2.11. The van der Waals surface area contributed by atoms with Gasteiger partial charge in [-0.2, -0.15) is 0 Å². The molecule has 0 fully saturated rings. The quantitative estimate of drug-likeness (QED) is 0.385. The zero-order chi connectivity index (χ0) is 19.8. The first-order valence-electron chi connectivity index (χ1n) is 7.55. The molecular weight excluding hydrogens is 413 g/mol. The van der Waals surface area contributed by atoms with Crippen LogP contribution in [0, 0.1) is 6.92 Å². The van der Waals surface area contributed by atoms with Crippen molar-refractivity contribution in [1.29, 1.82) is 0 Å². The number of hydrogen-bond donors (Lipinski definition) is 3. The van der Waals surface area contributed by atoms with Gasteiger partial charge in [-0.25, -0.2) is 0 Å². The van der Waals surface area contributed by atoms with Crippen molar-refractivity contribution in [3.8, 4) is 5.75 Å². The molecule has 10 heteroatoms. The molecule has 0 aliphatic carbocycles. The van der Waals surface area contributed by atoms with Gasteiger partial charge in [-0.1, -0.05) is 23.2 Å². The third-order valence-corrected chi connectivity index (χ3v) is 3.70. The van der Waals surface area contributed by atoms with Crippen LogP contribution in [0.2, 0.25) is 10.0 Å². The Labute approximate surface area is 170 Å². The summed E-state index contributed by atoms with van der Waals surface area (Å²) in [5.74, 6) is 0.564. The molecule has 0 aliphatic heterocycles. The molecule has 0 saturated heterocycles. The third kappa shape index (κ3) is 7.30. The van der Waals surface area contributed by atoms with Crippen LogP contribution in [0.15, 0.2) is 40.8 Å². The smallest absolute Gasteiger partial charge is 0.276 e. The number of halogens is 2. The van der Waals surface area contributed by atoms with Crippen LogP contribution >= 0.6 is 35.4 Å². The Morgan fingerprint density at radius 2 is 2.00 bits per heavy atom. The largest absolute Gasteiger partial charge is 0.482 e. The first-order chi connectivity index (χ1) is 12.8. The maximum atomic E-state index is 11.7. The van der Waals surface area contributed by atoms with Crippen LogP contribution in [-0.4, -0.2) is 23.5 Å². The van der Waals surface area contributed by atoms with Gasteiger partial charge >= 0.3 is 0 Å². The summed E-state index contributed by atoms with van der Waals surface area (Å²) < 4.78 is 10.6. The number of aryl methyl sites for hydroxylation is 1. The van der Waals surface area contributed by atoms with Gasteiger partial charge in [0.1, 0.15) is 17.3 Å². The molecule has 0 atom stereocenters. The van der Waals surface area contributed by atoms with Crippen molar-refractivity contribution in [3.63, 3.8) is 0 Å². The molecule has 0 radical (unpaired) electrons. The van der Waals surface area contributed by atoms with E-state index in [-0.39, 0.29) is 16.7 Å². The molecule has 0 spiro atoms. The SMILES string of the molecule is Cc1ccc(/C=C/C(=O)NC(=S)NNC(=O)COc2ccc(Cl)cc2Cl)o1. The van der Waals surface area contributed by atoms with Crippen LogP contribution in [0.4, 0.5) is 0 Å². The van der Waals surface area contributed by atoms with Gasteiger partial charge in [0, 0.05) is 11.1 Å². The van der Waals surface area contributed by atoms with E-state index in [2.05, 4.69) is 16.2 Å². The van der Waals surface area contributed by atoms with E-state index >= 15 is 0 Å². The number of furan rings is 1. The lowest BCUT2D eigenvalue weighted by molar-refractivity contribution is -0.123. The third-order valence-electron chi connectivity index (χ3n) is 2.96. The van der Waals surface area contributed by atoms with Gasteiger partial charge in [0.15, 0.2) is 11.7 Å². The molecule has 2 amide bonds. The minimum atomic E-state index is -0.529. The number of hydrogen-bond acceptors (Lipinski definition) is 5. The first kappa shape index (κ1) is 20.8. The second-order valence-electron chi connectivity index (χ2n) is 5.14. The van der Waals surface area contributed by atoms with E-state index < -0.39 is 11.8 Å². The van der Waals surface area contributed by atoms with Gasteiger partial charge in [-0.3, -0.25) is 25.8 Å². The van der Waals surface area contributed by atoms with Crippen molar-refractivity contribution in [3.05, 3.63) is 58.0 Å². The normalized spacial score (nSPS) is 10.5. The zero-order valence-corrected chi connectivity index (χ0v) is 16.4. The number of benzene rings is 1. The molecule has 7 nitrogen and oxygen atoms in total. The number of amides is 2. The van der Waals surface area contributed by atoms with Gasteiger partial charge in [0.2, 0.25) is 5.91 Å². The monoisotopic (exact) mass is 427 g/mol. The molecule has 3 N–H and O–H groups in total. The van der Waals surface area contributed by atoms with Crippen molar-refractivity contribution >= 4 is 58.4 Å². The summed E-state index contributed by atoms with van der Waals surface area (Å²) in [7, 11) is 0. The fourth-order valence-corrected chi connectivity index (χ4v) is 2.40. The molecule has 142 valence electrons. The highest BCUT2D eigenvalue weighted by molar-refractivity contribution is 7.80. The zero-order valence-electron chi connectivity index (χ0n) is 14.0. The van der Waals surface area contributed by atoms with Crippen molar-refractivity contribution in [1.82, 2.24) is 16.2 Å². The van der Waals surface area contributed by atoms with E-state index in [4.69, 9.17) is 44.6 Å². The second kappa shape index (κ2) is 9.96. The number of thiocarbonyl (C=S) groups is 1. The Bertz CT molecular complexity index is 883. The molecular formula is C17H15Cl2N3O4S. The lowest BCUT2D eigenvalue weighted by Crippen LogP contribution is -2.49. The standard InChI is InChI=1S/C17H15Cl2N3O4S/c1-10-2-4-12(26-10)5-7-15(23)20-17(27)22-21-16(24)9-25-14-6-3-11(18)8-13(14)19/h2-8H,9H2,1H3,(H,21,24)(H2,20,22,23,27)/b7-5+. The molecule has 2 rings (SSSR count). The topological polar surface area (TPSA) is 92.6 Å². The van der Waals surface area contributed by atoms with Crippen LogP contribution in [0.1, 0.15) is 11.5 Å². The average Bonchev–Trinajstić information content (AvgIpc) is 3.03. The first-order valence-corrected chi connectivity index (χ1v) is 8.72. The van der Waals surface area contributed by atoms with Gasteiger partial charge in [-0.15, -0.1) is 0 Å². The average molecular weight is 428 g/mol. The van der Waals surface area contributed by atoms with Crippen molar-refractivity contribution in [2.24, 2.45) is 0 Å². The van der Waals surface area contributed by atoms with Crippen molar-refractivity contribution in [2.45, 2.75) is 6.92 Å². The lowest BCUT2D eigenvalue weighted by atomic mass is 10.3. The van der Waals surface area contributed by atoms with E-state index in [9.17, 15) is 9.59 Å². The summed E-state index contributed by atoms with van der Waals surface area (Å²) in [4.78, 5) is 23.5. The Morgan fingerprint density at radius 3 is 2.67 bits per heavy atom. The molecule has 1 aromatic carbocycles. The fraction of sp³-hybridized carbons (Fsp3) is 0.118. The molecule has 2 aromatic rings. The Morgan fingerprint density at radius 1 is 1.22 bits per heavy atom. The highest BCUT2D eigenvalue weighted by atomic mass is 35.5. The Kier molecular flexibility index (Phi) is 7.66. The number of carbonyl (C=O) groups is 2. The molecule has 1 heterocycles. The summed E-state index contributed by atoms with van der Waals surface area (Å²) >= 11 is 16.6. The van der Waals surface area contributed by atoms with Crippen LogP contribution in [-0.2, 0) is 9.59 Å². The number of rotatable bonds is 5. The highest BCUT2D eigenvalue weighted by Gasteiger charge is 2.07. The number of nitrogens with one attached hydrogen (secondary N) is 3. The fourth-order valence-electron chi connectivity index (χ4n) is 1.78. The van der Waals surface area contributed by atoms with E-state index in [0.29, 0.717) is 16.5 Å². The van der Waals surface area contributed by atoms with Crippen LogP contribution < -0.4 is 20.9 Å². The number of carbonyl (C=O) groups excluding carboxylic acids is 2. The highest BCUT2D eigenvalue weighted by Crippen LogP contribution is 2.27. The Balaban J connectivity index is 1.70. The van der Waals surface area contributed by atoms with Crippen LogP contribution in [0.3, 0.4) is 0 Å². The molecule has 0 bridgehead atoms. The number of ether oxygens (including phenoxy) is 1. The minimum Gasteiger partial charge on any atom is -0.482 e.